The summed E-state index contributed by atoms with van der Waals surface area (Å²) in [6.45, 7) is 1.87. The molecular formula is C24H27N5O2. The SMILES string of the molecule is COc1ccccc1C1(C(=O)Nc2ccc(Nc3cc(N(C)C)nc(C)n3)cc2)CC1. The van der Waals surface area contributed by atoms with Crippen LogP contribution < -0.4 is 20.3 Å². The molecule has 1 saturated carbocycles. The van der Waals surface area contributed by atoms with E-state index in [0.717, 1.165) is 47.2 Å². The first-order valence-electron chi connectivity index (χ1n) is 10.3. The lowest BCUT2D eigenvalue weighted by Gasteiger charge is -2.18. The first-order valence-corrected chi connectivity index (χ1v) is 10.3. The number of benzene rings is 2. The number of hydrogen-bond donors (Lipinski definition) is 2. The maximum atomic E-state index is 13.1. The third kappa shape index (κ3) is 4.30. The van der Waals surface area contributed by atoms with Crippen molar-refractivity contribution in [1.29, 1.82) is 0 Å². The highest BCUT2D eigenvalue weighted by atomic mass is 16.5. The summed E-state index contributed by atoms with van der Waals surface area (Å²) in [5, 5.41) is 6.36. The second kappa shape index (κ2) is 8.26. The molecule has 2 N–H and O–H groups in total. The van der Waals surface area contributed by atoms with Crippen molar-refractivity contribution in [2.45, 2.75) is 25.2 Å². The first-order chi connectivity index (χ1) is 14.9. The molecule has 31 heavy (non-hydrogen) atoms. The predicted octanol–water partition coefficient (Wildman–Crippen LogP) is 4.27. The number of rotatable bonds is 7. The van der Waals surface area contributed by atoms with Crippen LogP contribution in [0.5, 0.6) is 5.75 Å². The number of para-hydroxylation sites is 1. The molecule has 1 aromatic heterocycles. The second-order valence-corrected chi connectivity index (χ2v) is 7.99. The van der Waals surface area contributed by atoms with Crippen molar-refractivity contribution in [3.05, 3.63) is 66.0 Å². The van der Waals surface area contributed by atoms with Gasteiger partial charge in [0.15, 0.2) is 0 Å². The first kappa shape index (κ1) is 20.7. The Labute approximate surface area is 182 Å². The highest BCUT2D eigenvalue weighted by Gasteiger charge is 2.52. The average Bonchev–Trinajstić information content (AvgIpc) is 3.57. The van der Waals surface area contributed by atoms with Gasteiger partial charge in [0.05, 0.1) is 12.5 Å². The zero-order valence-corrected chi connectivity index (χ0v) is 18.3. The lowest BCUT2D eigenvalue weighted by molar-refractivity contribution is -0.118. The highest BCUT2D eigenvalue weighted by Crippen LogP contribution is 2.52. The Morgan fingerprint density at radius 1 is 1.03 bits per heavy atom. The fourth-order valence-electron chi connectivity index (χ4n) is 3.66. The van der Waals surface area contributed by atoms with Crippen molar-refractivity contribution in [1.82, 2.24) is 9.97 Å². The van der Waals surface area contributed by atoms with Crippen LogP contribution in [0.1, 0.15) is 24.2 Å². The summed E-state index contributed by atoms with van der Waals surface area (Å²) in [5.41, 5.74) is 2.07. The standard InChI is InChI=1S/C24H27N5O2/c1-16-25-21(15-22(26-16)29(2)3)27-17-9-11-18(12-10-17)28-23(30)24(13-14-24)19-7-5-6-8-20(19)31-4/h5-12,15H,13-14H2,1-4H3,(H,28,30)(H,25,26,27). The second-order valence-electron chi connectivity index (χ2n) is 7.99. The largest absolute Gasteiger partial charge is 0.496 e. The molecule has 160 valence electrons. The molecule has 1 aliphatic carbocycles. The van der Waals surface area contributed by atoms with E-state index in [0.29, 0.717) is 5.82 Å². The van der Waals surface area contributed by atoms with E-state index in [9.17, 15) is 4.79 Å². The van der Waals surface area contributed by atoms with Gasteiger partial charge in [-0.25, -0.2) is 9.97 Å². The summed E-state index contributed by atoms with van der Waals surface area (Å²) >= 11 is 0. The van der Waals surface area contributed by atoms with Gasteiger partial charge < -0.3 is 20.3 Å². The summed E-state index contributed by atoms with van der Waals surface area (Å²) in [6, 6.07) is 17.3. The van der Waals surface area contributed by atoms with E-state index in [-0.39, 0.29) is 5.91 Å². The van der Waals surface area contributed by atoms with Crippen molar-refractivity contribution in [2.75, 3.05) is 36.7 Å². The summed E-state index contributed by atoms with van der Waals surface area (Å²) in [6.07, 6.45) is 1.64. The zero-order chi connectivity index (χ0) is 22.0. The van der Waals surface area contributed by atoms with Crippen molar-refractivity contribution in [3.63, 3.8) is 0 Å². The highest BCUT2D eigenvalue weighted by molar-refractivity contribution is 6.02. The quantitative estimate of drug-likeness (QED) is 0.598. The monoisotopic (exact) mass is 417 g/mol. The topological polar surface area (TPSA) is 79.4 Å². The predicted molar refractivity (Wildman–Crippen MR) is 123 cm³/mol. The summed E-state index contributed by atoms with van der Waals surface area (Å²) in [5.74, 6) is 3.02. The Kier molecular flexibility index (Phi) is 5.50. The van der Waals surface area contributed by atoms with E-state index < -0.39 is 5.41 Å². The molecule has 1 fully saturated rings. The van der Waals surface area contributed by atoms with E-state index in [2.05, 4.69) is 20.6 Å². The number of nitrogens with one attached hydrogen (secondary N) is 2. The lowest BCUT2D eigenvalue weighted by Crippen LogP contribution is -2.28. The average molecular weight is 418 g/mol. The number of carbonyl (C=O) groups is 1. The molecular weight excluding hydrogens is 390 g/mol. The van der Waals surface area contributed by atoms with Crippen molar-refractivity contribution < 1.29 is 9.53 Å². The molecule has 7 heteroatoms. The molecule has 4 rings (SSSR count). The molecule has 1 amide bonds. The van der Waals surface area contributed by atoms with E-state index in [1.54, 1.807) is 7.11 Å². The van der Waals surface area contributed by atoms with Crippen molar-refractivity contribution >= 4 is 28.9 Å². The number of hydrogen-bond acceptors (Lipinski definition) is 6. The van der Waals surface area contributed by atoms with E-state index in [1.165, 1.54) is 0 Å². The van der Waals surface area contributed by atoms with Crippen molar-refractivity contribution in [3.8, 4) is 5.75 Å². The van der Waals surface area contributed by atoms with Gasteiger partial charge >= 0.3 is 0 Å². The summed E-state index contributed by atoms with van der Waals surface area (Å²) in [7, 11) is 5.53. The fraction of sp³-hybridized carbons (Fsp3) is 0.292. The molecule has 7 nitrogen and oxygen atoms in total. The van der Waals surface area contributed by atoms with E-state index in [1.807, 2.05) is 80.5 Å². The minimum Gasteiger partial charge on any atom is -0.496 e. The number of aromatic nitrogens is 2. The number of carbonyl (C=O) groups excluding carboxylic acids is 1. The van der Waals surface area contributed by atoms with Gasteiger partial charge in [-0.1, -0.05) is 18.2 Å². The van der Waals surface area contributed by atoms with Crippen LogP contribution in [0.15, 0.2) is 54.6 Å². The smallest absolute Gasteiger partial charge is 0.235 e. The van der Waals surface area contributed by atoms with Crippen LogP contribution in [0, 0.1) is 6.92 Å². The molecule has 0 aliphatic heterocycles. The zero-order valence-electron chi connectivity index (χ0n) is 18.3. The van der Waals surface area contributed by atoms with Crippen LogP contribution in [0.4, 0.5) is 23.0 Å². The fourth-order valence-corrected chi connectivity index (χ4v) is 3.66. The minimum absolute atomic E-state index is 0.000223. The maximum absolute atomic E-state index is 13.1. The molecule has 0 spiro atoms. The van der Waals surface area contributed by atoms with Crippen LogP contribution in [0.2, 0.25) is 0 Å². The molecule has 1 aliphatic rings. The third-order valence-corrected chi connectivity index (χ3v) is 5.50. The number of aryl methyl sites for hydroxylation is 1. The Morgan fingerprint density at radius 3 is 2.35 bits per heavy atom. The van der Waals surface area contributed by atoms with Gasteiger partial charge in [-0.3, -0.25) is 4.79 Å². The van der Waals surface area contributed by atoms with Gasteiger partial charge in [0.25, 0.3) is 0 Å². The normalized spacial score (nSPS) is 13.9. The van der Waals surface area contributed by atoms with Gasteiger partial charge in [0.2, 0.25) is 5.91 Å². The number of methoxy groups -OCH3 is 1. The molecule has 0 saturated heterocycles. The molecule has 0 unspecified atom stereocenters. The maximum Gasteiger partial charge on any atom is 0.235 e. The Bertz CT molecular complexity index is 1090. The number of ether oxygens (including phenoxy) is 1. The number of anilines is 4. The summed E-state index contributed by atoms with van der Waals surface area (Å²) in [4.78, 5) is 23.9. The van der Waals surface area contributed by atoms with E-state index >= 15 is 0 Å². The van der Waals surface area contributed by atoms with Gasteiger partial charge in [0.1, 0.15) is 23.2 Å². The summed E-state index contributed by atoms with van der Waals surface area (Å²) < 4.78 is 5.47. The molecule has 3 aromatic rings. The Balaban J connectivity index is 1.46. The van der Waals surface area contributed by atoms with Crippen molar-refractivity contribution in [2.24, 2.45) is 0 Å². The van der Waals surface area contributed by atoms with Crippen LogP contribution in [0.25, 0.3) is 0 Å². The third-order valence-electron chi connectivity index (χ3n) is 5.50. The van der Waals surface area contributed by atoms with Gasteiger partial charge in [0, 0.05) is 37.1 Å². The Hall–Kier alpha value is -3.61. The van der Waals surface area contributed by atoms with Crippen LogP contribution >= 0.6 is 0 Å². The van der Waals surface area contributed by atoms with Crippen LogP contribution in [0.3, 0.4) is 0 Å². The van der Waals surface area contributed by atoms with Gasteiger partial charge in [-0.05, 0) is 50.1 Å². The van der Waals surface area contributed by atoms with Crippen LogP contribution in [-0.2, 0) is 10.2 Å². The molecule has 0 atom stereocenters. The molecule has 1 heterocycles. The number of amides is 1. The molecule has 0 bridgehead atoms. The van der Waals surface area contributed by atoms with E-state index in [4.69, 9.17) is 4.74 Å². The molecule has 0 radical (unpaired) electrons. The van der Waals surface area contributed by atoms with Gasteiger partial charge in [-0.15, -0.1) is 0 Å². The van der Waals surface area contributed by atoms with Gasteiger partial charge in [-0.2, -0.15) is 0 Å². The van der Waals surface area contributed by atoms with Crippen LogP contribution in [-0.4, -0.2) is 37.1 Å². The Morgan fingerprint density at radius 2 is 1.71 bits per heavy atom. The number of nitrogens with zero attached hydrogens (tertiary/aromatic N) is 3. The lowest BCUT2D eigenvalue weighted by atomic mass is 9.94. The molecule has 2 aromatic carbocycles. The minimum atomic E-state index is -0.509.